The van der Waals surface area contributed by atoms with Crippen LogP contribution in [0.5, 0.6) is 5.75 Å². The van der Waals surface area contributed by atoms with E-state index >= 15 is 0 Å². The first-order valence-electron chi connectivity index (χ1n) is 3.90. The fourth-order valence-electron chi connectivity index (χ4n) is 1.23. The number of nitrogens with zero attached hydrogens (tertiary/aromatic N) is 2. The molecular formula is C9H9N3O. The van der Waals surface area contributed by atoms with E-state index in [0.717, 1.165) is 16.6 Å². The lowest BCUT2D eigenvalue weighted by atomic mass is 10.2. The lowest BCUT2D eigenvalue weighted by Crippen LogP contribution is -1.84. The van der Waals surface area contributed by atoms with Crippen molar-refractivity contribution >= 4 is 11.0 Å². The number of rotatable bonds is 2. The Bertz CT molecular complexity index is 447. The summed E-state index contributed by atoms with van der Waals surface area (Å²) < 4.78 is 5.20. The van der Waals surface area contributed by atoms with Gasteiger partial charge in [-0.3, -0.25) is 0 Å². The molecule has 0 aliphatic carbocycles. The van der Waals surface area contributed by atoms with E-state index in [0.29, 0.717) is 5.75 Å². The Hall–Kier alpha value is -1.84. The van der Waals surface area contributed by atoms with Crippen molar-refractivity contribution in [2.24, 2.45) is 0 Å². The number of aryl methyl sites for hydroxylation is 1. The van der Waals surface area contributed by atoms with Crippen LogP contribution in [-0.4, -0.2) is 15.4 Å². The van der Waals surface area contributed by atoms with Crippen molar-refractivity contribution in [2.45, 2.75) is 6.92 Å². The third-order valence-corrected chi connectivity index (χ3v) is 1.74. The SMILES string of the molecule is C=COc1cc(C)cc2n[nH]nc12. The summed E-state index contributed by atoms with van der Waals surface area (Å²) in [5.74, 6) is 0.679. The van der Waals surface area contributed by atoms with E-state index in [9.17, 15) is 0 Å². The standard InChI is InChI=1S/C9H9N3O/c1-3-13-8-5-6(2)4-7-9(8)11-12-10-7/h3-5H,1H2,2H3,(H,10,11,12). The van der Waals surface area contributed by atoms with Crippen molar-refractivity contribution in [3.05, 3.63) is 30.5 Å². The molecule has 0 atom stereocenters. The maximum absolute atomic E-state index is 5.20. The van der Waals surface area contributed by atoms with Crippen molar-refractivity contribution in [2.75, 3.05) is 0 Å². The number of fused-ring (bicyclic) bond motifs is 1. The second kappa shape index (κ2) is 2.90. The molecule has 1 N–H and O–H groups in total. The molecule has 0 saturated heterocycles. The summed E-state index contributed by atoms with van der Waals surface area (Å²) in [6.45, 7) is 5.47. The number of benzene rings is 1. The molecule has 0 saturated carbocycles. The number of hydrogen-bond donors (Lipinski definition) is 1. The number of aromatic nitrogens is 3. The maximum atomic E-state index is 5.20. The monoisotopic (exact) mass is 175 g/mol. The molecule has 1 aromatic heterocycles. The molecule has 13 heavy (non-hydrogen) atoms. The highest BCUT2D eigenvalue weighted by atomic mass is 16.5. The number of hydrogen-bond acceptors (Lipinski definition) is 3. The smallest absolute Gasteiger partial charge is 0.156 e. The highest BCUT2D eigenvalue weighted by Crippen LogP contribution is 2.23. The molecule has 0 fully saturated rings. The van der Waals surface area contributed by atoms with Crippen molar-refractivity contribution in [3.8, 4) is 5.75 Å². The van der Waals surface area contributed by atoms with Crippen LogP contribution in [0, 0.1) is 6.92 Å². The maximum Gasteiger partial charge on any atom is 0.156 e. The van der Waals surface area contributed by atoms with Gasteiger partial charge in [0.15, 0.2) is 11.3 Å². The van der Waals surface area contributed by atoms with E-state index in [1.54, 1.807) is 0 Å². The molecule has 66 valence electrons. The molecule has 0 bridgehead atoms. The van der Waals surface area contributed by atoms with Crippen LogP contribution in [-0.2, 0) is 0 Å². The van der Waals surface area contributed by atoms with Crippen LogP contribution in [0.15, 0.2) is 25.0 Å². The van der Waals surface area contributed by atoms with Gasteiger partial charge in [-0.1, -0.05) is 6.58 Å². The predicted octanol–water partition coefficient (Wildman–Crippen LogP) is 1.79. The molecule has 0 spiro atoms. The van der Waals surface area contributed by atoms with Crippen LogP contribution >= 0.6 is 0 Å². The van der Waals surface area contributed by atoms with Crippen LogP contribution in [0.3, 0.4) is 0 Å². The summed E-state index contributed by atoms with van der Waals surface area (Å²) in [6, 6.07) is 3.83. The van der Waals surface area contributed by atoms with Gasteiger partial charge in [-0.2, -0.15) is 15.4 Å². The summed E-state index contributed by atoms with van der Waals surface area (Å²) in [4.78, 5) is 0. The molecule has 0 radical (unpaired) electrons. The summed E-state index contributed by atoms with van der Waals surface area (Å²) in [5.41, 5.74) is 2.61. The van der Waals surface area contributed by atoms with Gasteiger partial charge in [-0.25, -0.2) is 0 Å². The predicted molar refractivity (Wildman–Crippen MR) is 49.5 cm³/mol. The Morgan fingerprint density at radius 1 is 1.46 bits per heavy atom. The number of ether oxygens (including phenoxy) is 1. The Morgan fingerprint density at radius 2 is 2.31 bits per heavy atom. The average molecular weight is 175 g/mol. The van der Waals surface area contributed by atoms with E-state index in [-0.39, 0.29) is 0 Å². The fourth-order valence-corrected chi connectivity index (χ4v) is 1.23. The van der Waals surface area contributed by atoms with Gasteiger partial charge in [0.25, 0.3) is 0 Å². The molecule has 0 unspecified atom stereocenters. The quantitative estimate of drug-likeness (QED) is 0.708. The molecular weight excluding hydrogens is 166 g/mol. The van der Waals surface area contributed by atoms with Gasteiger partial charge in [-0.15, -0.1) is 0 Å². The lowest BCUT2D eigenvalue weighted by Gasteiger charge is -2.00. The normalized spacial score (nSPS) is 10.2. The van der Waals surface area contributed by atoms with E-state index < -0.39 is 0 Å². The van der Waals surface area contributed by atoms with E-state index in [1.807, 2.05) is 19.1 Å². The van der Waals surface area contributed by atoms with Crippen LogP contribution in [0.25, 0.3) is 11.0 Å². The molecule has 4 nitrogen and oxygen atoms in total. The summed E-state index contributed by atoms with van der Waals surface area (Å²) in [5, 5.41) is 10.5. The summed E-state index contributed by atoms with van der Waals surface area (Å²) in [6.07, 6.45) is 1.38. The largest absolute Gasteiger partial charge is 0.463 e. The highest BCUT2D eigenvalue weighted by Gasteiger charge is 2.05. The van der Waals surface area contributed by atoms with Gasteiger partial charge in [-0.05, 0) is 24.6 Å². The summed E-state index contributed by atoms with van der Waals surface area (Å²) >= 11 is 0. The second-order valence-corrected chi connectivity index (χ2v) is 2.74. The first-order chi connectivity index (χ1) is 6.31. The number of nitrogens with one attached hydrogen (secondary N) is 1. The van der Waals surface area contributed by atoms with Crippen LogP contribution < -0.4 is 4.74 Å². The van der Waals surface area contributed by atoms with Crippen molar-refractivity contribution in [1.29, 1.82) is 0 Å². The zero-order chi connectivity index (χ0) is 9.26. The fraction of sp³-hybridized carbons (Fsp3) is 0.111. The third-order valence-electron chi connectivity index (χ3n) is 1.74. The minimum atomic E-state index is 0.679. The highest BCUT2D eigenvalue weighted by molar-refractivity contribution is 5.81. The Labute approximate surface area is 75.2 Å². The zero-order valence-electron chi connectivity index (χ0n) is 7.24. The van der Waals surface area contributed by atoms with Crippen molar-refractivity contribution in [3.63, 3.8) is 0 Å². The molecule has 1 heterocycles. The van der Waals surface area contributed by atoms with Crippen molar-refractivity contribution in [1.82, 2.24) is 15.4 Å². The molecule has 0 amide bonds. The molecule has 2 aromatic rings. The summed E-state index contributed by atoms with van der Waals surface area (Å²) in [7, 11) is 0. The van der Waals surface area contributed by atoms with Crippen LogP contribution in [0.1, 0.15) is 5.56 Å². The zero-order valence-corrected chi connectivity index (χ0v) is 7.24. The van der Waals surface area contributed by atoms with Crippen LogP contribution in [0.2, 0.25) is 0 Å². The lowest BCUT2D eigenvalue weighted by molar-refractivity contribution is 0.487. The molecule has 1 aromatic carbocycles. The topological polar surface area (TPSA) is 50.8 Å². The molecule has 4 heteroatoms. The Morgan fingerprint density at radius 3 is 3.08 bits per heavy atom. The van der Waals surface area contributed by atoms with E-state index in [4.69, 9.17) is 4.74 Å². The minimum absolute atomic E-state index is 0.679. The minimum Gasteiger partial charge on any atom is -0.463 e. The first-order valence-corrected chi connectivity index (χ1v) is 3.90. The van der Waals surface area contributed by atoms with Crippen molar-refractivity contribution < 1.29 is 4.74 Å². The Balaban J connectivity index is 2.69. The molecule has 0 aliphatic heterocycles. The van der Waals surface area contributed by atoms with Gasteiger partial charge in [0.05, 0.1) is 6.26 Å². The van der Waals surface area contributed by atoms with Gasteiger partial charge >= 0.3 is 0 Å². The third kappa shape index (κ3) is 1.26. The van der Waals surface area contributed by atoms with Gasteiger partial charge in [0, 0.05) is 0 Å². The van der Waals surface area contributed by atoms with Crippen LogP contribution in [0.4, 0.5) is 0 Å². The number of aromatic amines is 1. The first kappa shape index (κ1) is 7.79. The van der Waals surface area contributed by atoms with Gasteiger partial charge in [0.2, 0.25) is 0 Å². The average Bonchev–Trinajstić information content (AvgIpc) is 2.52. The molecule has 2 rings (SSSR count). The van der Waals surface area contributed by atoms with E-state index in [1.165, 1.54) is 6.26 Å². The Kier molecular flexibility index (Phi) is 1.73. The van der Waals surface area contributed by atoms with Gasteiger partial charge in [0.1, 0.15) is 5.52 Å². The van der Waals surface area contributed by atoms with Gasteiger partial charge < -0.3 is 4.74 Å². The second-order valence-electron chi connectivity index (χ2n) is 2.74. The molecule has 0 aliphatic rings. The number of H-pyrrole nitrogens is 1. The van der Waals surface area contributed by atoms with E-state index in [2.05, 4.69) is 22.0 Å².